The van der Waals surface area contributed by atoms with Crippen molar-refractivity contribution in [1.82, 2.24) is 4.90 Å². The van der Waals surface area contributed by atoms with E-state index in [1.165, 1.54) is 19.3 Å². The van der Waals surface area contributed by atoms with E-state index in [0.29, 0.717) is 18.0 Å². The van der Waals surface area contributed by atoms with Gasteiger partial charge in [-0.15, -0.1) is 0 Å². The molecule has 1 aliphatic carbocycles. The summed E-state index contributed by atoms with van der Waals surface area (Å²) in [6.07, 6.45) is 5.60. The molecule has 2 fully saturated rings. The first-order valence-corrected chi connectivity index (χ1v) is 4.60. The first-order valence-electron chi connectivity index (χ1n) is 4.60. The van der Waals surface area contributed by atoms with Crippen LogP contribution in [0.15, 0.2) is 0 Å². The number of amides is 1. The molecular weight excluding hydrogens is 138 g/mol. The van der Waals surface area contributed by atoms with E-state index in [9.17, 15) is 4.79 Å². The fourth-order valence-electron chi connectivity index (χ4n) is 1.98. The maximum Gasteiger partial charge on any atom is 0.223 e. The minimum atomic E-state index is 0.395. The van der Waals surface area contributed by atoms with Gasteiger partial charge < -0.3 is 4.90 Å². The van der Waals surface area contributed by atoms with E-state index < -0.39 is 0 Å². The highest BCUT2D eigenvalue weighted by Gasteiger charge is 2.36. The van der Waals surface area contributed by atoms with Gasteiger partial charge in [0.1, 0.15) is 0 Å². The van der Waals surface area contributed by atoms with Gasteiger partial charge in [-0.2, -0.15) is 0 Å². The first kappa shape index (κ1) is 7.14. The van der Waals surface area contributed by atoms with Crippen LogP contribution in [-0.2, 0) is 4.79 Å². The molecule has 1 heterocycles. The van der Waals surface area contributed by atoms with Crippen molar-refractivity contribution in [2.45, 2.75) is 51.1 Å². The summed E-state index contributed by atoms with van der Waals surface area (Å²) in [6, 6.07) is 1.14. The average Bonchev–Trinajstić information content (AvgIpc) is 2.70. The van der Waals surface area contributed by atoms with Crippen molar-refractivity contribution in [1.29, 1.82) is 0 Å². The molecule has 1 aliphatic heterocycles. The molecular formula is C9H15NO. The van der Waals surface area contributed by atoms with E-state index in [2.05, 4.69) is 11.8 Å². The molecule has 1 amide bonds. The molecule has 2 aliphatic rings. The number of hydrogen-bond donors (Lipinski definition) is 0. The lowest BCUT2D eigenvalue weighted by molar-refractivity contribution is -0.136. The summed E-state index contributed by atoms with van der Waals surface area (Å²) in [5, 5.41) is 0. The van der Waals surface area contributed by atoms with Crippen LogP contribution in [0.25, 0.3) is 0 Å². The number of rotatable bonds is 1. The summed E-state index contributed by atoms with van der Waals surface area (Å²) in [5.41, 5.74) is 0. The van der Waals surface area contributed by atoms with Gasteiger partial charge in [0.25, 0.3) is 0 Å². The Morgan fingerprint density at radius 3 is 2.64 bits per heavy atom. The predicted octanol–water partition coefficient (Wildman–Crippen LogP) is 1.55. The zero-order valence-electron chi connectivity index (χ0n) is 7.05. The molecule has 0 bridgehead atoms. The van der Waals surface area contributed by atoms with Gasteiger partial charge in [0.15, 0.2) is 0 Å². The number of carbonyl (C=O) groups excluding carboxylic acids is 1. The highest BCUT2D eigenvalue weighted by atomic mass is 16.2. The molecule has 0 aromatic heterocycles. The minimum absolute atomic E-state index is 0.395. The van der Waals surface area contributed by atoms with E-state index in [-0.39, 0.29) is 0 Å². The van der Waals surface area contributed by atoms with Crippen LogP contribution in [0.2, 0.25) is 0 Å². The minimum Gasteiger partial charge on any atom is -0.337 e. The van der Waals surface area contributed by atoms with Crippen LogP contribution < -0.4 is 0 Å². The van der Waals surface area contributed by atoms with Gasteiger partial charge in [0.05, 0.1) is 0 Å². The zero-order valence-corrected chi connectivity index (χ0v) is 7.05. The summed E-state index contributed by atoms with van der Waals surface area (Å²) >= 11 is 0. The molecule has 1 atom stereocenters. The SMILES string of the molecule is CC1CCCC(=O)N1C1CC1. The monoisotopic (exact) mass is 153 g/mol. The fraction of sp³-hybridized carbons (Fsp3) is 0.889. The highest BCUT2D eigenvalue weighted by molar-refractivity contribution is 5.77. The van der Waals surface area contributed by atoms with Gasteiger partial charge in [-0.05, 0) is 32.6 Å². The van der Waals surface area contributed by atoms with Gasteiger partial charge in [-0.3, -0.25) is 4.79 Å². The lowest BCUT2D eigenvalue weighted by atomic mass is 10.0. The predicted molar refractivity (Wildman–Crippen MR) is 43.2 cm³/mol. The molecule has 0 aromatic carbocycles. The summed E-state index contributed by atoms with van der Waals surface area (Å²) in [4.78, 5) is 13.5. The third kappa shape index (κ3) is 1.26. The average molecular weight is 153 g/mol. The van der Waals surface area contributed by atoms with Crippen LogP contribution in [0.3, 0.4) is 0 Å². The summed E-state index contributed by atoms with van der Waals surface area (Å²) < 4.78 is 0. The summed E-state index contributed by atoms with van der Waals surface area (Å²) in [5.74, 6) is 0.395. The molecule has 0 spiro atoms. The third-order valence-electron chi connectivity index (χ3n) is 2.72. The number of hydrogen-bond acceptors (Lipinski definition) is 1. The van der Waals surface area contributed by atoms with Gasteiger partial charge in [-0.1, -0.05) is 0 Å². The van der Waals surface area contributed by atoms with Crippen molar-refractivity contribution in [2.75, 3.05) is 0 Å². The van der Waals surface area contributed by atoms with Gasteiger partial charge in [0.2, 0.25) is 5.91 Å². The van der Waals surface area contributed by atoms with E-state index in [1.54, 1.807) is 0 Å². The second kappa shape index (κ2) is 2.50. The number of likely N-dealkylation sites (tertiary alicyclic amines) is 1. The van der Waals surface area contributed by atoms with Crippen molar-refractivity contribution in [2.24, 2.45) is 0 Å². The van der Waals surface area contributed by atoms with Gasteiger partial charge in [-0.25, -0.2) is 0 Å². The smallest absolute Gasteiger partial charge is 0.223 e. The van der Waals surface area contributed by atoms with E-state index in [1.807, 2.05) is 0 Å². The maximum absolute atomic E-state index is 11.4. The van der Waals surface area contributed by atoms with Crippen molar-refractivity contribution >= 4 is 5.91 Å². The van der Waals surface area contributed by atoms with Crippen LogP contribution in [0.4, 0.5) is 0 Å². The lowest BCUT2D eigenvalue weighted by Gasteiger charge is -2.33. The Bertz CT molecular complexity index is 174. The van der Waals surface area contributed by atoms with Gasteiger partial charge >= 0.3 is 0 Å². The Kier molecular flexibility index (Phi) is 1.63. The normalized spacial score (nSPS) is 32.6. The van der Waals surface area contributed by atoms with Crippen LogP contribution in [0, 0.1) is 0 Å². The molecule has 2 rings (SSSR count). The standard InChI is InChI=1S/C9H15NO/c1-7-3-2-4-9(11)10(7)8-5-6-8/h7-8H,2-6H2,1H3. The molecule has 0 radical (unpaired) electrons. The van der Waals surface area contributed by atoms with Crippen molar-refractivity contribution < 1.29 is 4.79 Å². The molecule has 0 aromatic rings. The topological polar surface area (TPSA) is 20.3 Å². The van der Waals surface area contributed by atoms with E-state index >= 15 is 0 Å². The molecule has 2 nitrogen and oxygen atoms in total. The summed E-state index contributed by atoms with van der Waals surface area (Å²) in [7, 11) is 0. The second-order valence-corrected chi connectivity index (χ2v) is 3.77. The third-order valence-corrected chi connectivity index (χ3v) is 2.72. The molecule has 1 unspecified atom stereocenters. The fourth-order valence-corrected chi connectivity index (χ4v) is 1.98. The van der Waals surface area contributed by atoms with Crippen LogP contribution >= 0.6 is 0 Å². The number of carbonyl (C=O) groups is 1. The second-order valence-electron chi connectivity index (χ2n) is 3.77. The van der Waals surface area contributed by atoms with Gasteiger partial charge in [0, 0.05) is 18.5 Å². The lowest BCUT2D eigenvalue weighted by Crippen LogP contribution is -2.43. The van der Waals surface area contributed by atoms with Crippen molar-refractivity contribution in [3.63, 3.8) is 0 Å². The van der Waals surface area contributed by atoms with Crippen LogP contribution in [0.1, 0.15) is 39.0 Å². The van der Waals surface area contributed by atoms with Crippen molar-refractivity contribution in [3.8, 4) is 0 Å². The molecule has 2 heteroatoms. The molecule has 62 valence electrons. The molecule has 1 saturated carbocycles. The highest BCUT2D eigenvalue weighted by Crippen LogP contribution is 2.32. The quantitative estimate of drug-likeness (QED) is 0.559. The Balaban J connectivity index is 2.05. The molecule has 0 N–H and O–H groups in total. The number of nitrogens with zero attached hydrogens (tertiary/aromatic N) is 1. The molecule has 1 saturated heterocycles. The largest absolute Gasteiger partial charge is 0.337 e. The zero-order chi connectivity index (χ0) is 7.84. The summed E-state index contributed by atoms with van der Waals surface area (Å²) in [6.45, 7) is 2.18. The first-order chi connectivity index (χ1) is 5.29. The number of piperidine rings is 1. The Hall–Kier alpha value is -0.530. The van der Waals surface area contributed by atoms with E-state index in [4.69, 9.17) is 0 Å². The van der Waals surface area contributed by atoms with Crippen molar-refractivity contribution in [3.05, 3.63) is 0 Å². The van der Waals surface area contributed by atoms with E-state index in [0.717, 1.165) is 12.8 Å². The Morgan fingerprint density at radius 1 is 1.36 bits per heavy atom. The van der Waals surface area contributed by atoms with Crippen LogP contribution in [0.5, 0.6) is 0 Å². The Morgan fingerprint density at radius 2 is 2.09 bits per heavy atom. The Labute approximate surface area is 67.6 Å². The molecule has 11 heavy (non-hydrogen) atoms. The maximum atomic E-state index is 11.4. The van der Waals surface area contributed by atoms with Crippen LogP contribution in [-0.4, -0.2) is 22.9 Å².